The number of nitrogens with one attached hydrogen (secondary N) is 1. The van der Waals surface area contributed by atoms with Gasteiger partial charge in [-0.05, 0) is 36.4 Å². The Bertz CT molecular complexity index is 289. The smallest absolute Gasteiger partial charge is 0.123 e. The van der Waals surface area contributed by atoms with Crippen LogP contribution in [0.5, 0.6) is 0 Å². The monoisotopic (exact) mass is 213 g/mol. The Morgan fingerprint density at radius 2 is 2.21 bits per heavy atom. The van der Waals surface area contributed by atoms with Gasteiger partial charge < -0.3 is 5.32 Å². The van der Waals surface area contributed by atoms with E-state index in [1.165, 1.54) is 11.6 Å². The molecule has 1 aromatic carbocycles. The Morgan fingerprint density at radius 3 is 2.86 bits per heavy atom. The molecule has 0 aromatic heterocycles. The van der Waals surface area contributed by atoms with Gasteiger partial charge in [-0.2, -0.15) is 11.8 Å². The molecule has 0 atom stereocenters. The van der Waals surface area contributed by atoms with E-state index in [1.54, 1.807) is 6.07 Å². The second kappa shape index (κ2) is 6.04. The van der Waals surface area contributed by atoms with Gasteiger partial charge in [0.15, 0.2) is 0 Å². The first-order valence-corrected chi connectivity index (χ1v) is 6.08. The molecule has 0 amide bonds. The SMILES string of the molecule is CSCCNCc1ccc(F)cc1C. The Balaban J connectivity index is 2.42. The van der Waals surface area contributed by atoms with Gasteiger partial charge in [0.1, 0.15) is 5.82 Å². The van der Waals surface area contributed by atoms with Crippen molar-refractivity contribution in [2.24, 2.45) is 0 Å². The molecule has 0 fully saturated rings. The van der Waals surface area contributed by atoms with Gasteiger partial charge in [0.2, 0.25) is 0 Å². The van der Waals surface area contributed by atoms with Crippen LogP contribution in [-0.4, -0.2) is 18.6 Å². The summed E-state index contributed by atoms with van der Waals surface area (Å²) in [6.45, 7) is 3.76. The second-order valence-electron chi connectivity index (χ2n) is 3.24. The highest BCUT2D eigenvalue weighted by Gasteiger charge is 1.98. The highest BCUT2D eigenvalue weighted by atomic mass is 32.2. The first kappa shape index (κ1) is 11.5. The highest BCUT2D eigenvalue weighted by molar-refractivity contribution is 7.98. The molecule has 1 rings (SSSR count). The maximum Gasteiger partial charge on any atom is 0.123 e. The van der Waals surface area contributed by atoms with E-state index in [1.807, 2.05) is 24.8 Å². The van der Waals surface area contributed by atoms with Crippen molar-refractivity contribution in [3.8, 4) is 0 Å². The van der Waals surface area contributed by atoms with Crippen molar-refractivity contribution < 1.29 is 4.39 Å². The third-order valence-corrected chi connectivity index (χ3v) is 2.72. The topological polar surface area (TPSA) is 12.0 Å². The molecule has 0 heterocycles. The van der Waals surface area contributed by atoms with E-state index in [-0.39, 0.29) is 5.82 Å². The maximum atomic E-state index is 12.8. The van der Waals surface area contributed by atoms with Crippen molar-refractivity contribution in [1.82, 2.24) is 5.32 Å². The fourth-order valence-corrected chi connectivity index (χ4v) is 1.60. The largest absolute Gasteiger partial charge is 0.312 e. The normalized spacial score (nSPS) is 10.5. The van der Waals surface area contributed by atoms with Crippen molar-refractivity contribution >= 4 is 11.8 Å². The molecule has 0 bridgehead atoms. The fraction of sp³-hybridized carbons (Fsp3) is 0.455. The average Bonchev–Trinajstić information content (AvgIpc) is 2.15. The summed E-state index contributed by atoms with van der Waals surface area (Å²) < 4.78 is 12.8. The van der Waals surface area contributed by atoms with Gasteiger partial charge in [-0.15, -0.1) is 0 Å². The van der Waals surface area contributed by atoms with E-state index in [4.69, 9.17) is 0 Å². The van der Waals surface area contributed by atoms with E-state index in [0.717, 1.165) is 24.4 Å². The summed E-state index contributed by atoms with van der Waals surface area (Å²) in [6, 6.07) is 4.93. The Morgan fingerprint density at radius 1 is 1.43 bits per heavy atom. The first-order chi connectivity index (χ1) is 6.74. The van der Waals surface area contributed by atoms with Crippen LogP contribution in [0.1, 0.15) is 11.1 Å². The van der Waals surface area contributed by atoms with E-state index in [2.05, 4.69) is 11.6 Å². The summed E-state index contributed by atoms with van der Waals surface area (Å²) in [4.78, 5) is 0. The van der Waals surface area contributed by atoms with Crippen molar-refractivity contribution in [2.45, 2.75) is 13.5 Å². The summed E-state index contributed by atoms with van der Waals surface area (Å²) >= 11 is 1.82. The summed E-state index contributed by atoms with van der Waals surface area (Å²) in [5, 5.41) is 3.32. The number of aryl methyl sites for hydroxylation is 1. The van der Waals surface area contributed by atoms with Crippen LogP contribution in [0, 0.1) is 12.7 Å². The van der Waals surface area contributed by atoms with Crippen molar-refractivity contribution in [3.63, 3.8) is 0 Å². The summed E-state index contributed by atoms with van der Waals surface area (Å²) in [6.07, 6.45) is 2.09. The van der Waals surface area contributed by atoms with E-state index < -0.39 is 0 Å². The maximum absolute atomic E-state index is 12.8. The molecule has 0 aliphatic carbocycles. The van der Waals surface area contributed by atoms with Gasteiger partial charge in [-0.3, -0.25) is 0 Å². The third-order valence-electron chi connectivity index (χ3n) is 2.10. The number of rotatable bonds is 5. The predicted octanol–water partition coefficient (Wildman–Crippen LogP) is 2.59. The minimum atomic E-state index is -0.157. The number of thioether (sulfide) groups is 1. The molecule has 0 saturated carbocycles. The fourth-order valence-electron chi connectivity index (χ4n) is 1.25. The molecule has 0 aliphatic rings. The lowest BCUT2D eigenvalue weighted by molar-refractivity contribution is 0.624. The van der Waals surface area contributed by atoms with Crippen LogP contribution >= 0.6 is 11.8 Å². The third kappa shape index (κ3) is 3.68. The van der Waals surface area contributed by atoms with Crippen LogP contribution in [0.3, 0.4) is 0 Å². The van der Waals surface area contributed by atoms with Gasteiger partial charge in [-0.1, -0.05) is 6.07 Å². The van der Waals surface area contributed by atoms with Crippen LogP contribution in [0.15, 0.2) is 18.2 Å². The van der Waals surface area contributed by atoms with Crippen LogP contribution in [0.2, 0.25) is 0 Å². The van der Waals surface area contributed by atoms with Crippen molar-refractivity contribution in [3.05, 3.63) is 35.1 Å². The molecule has 14 heavy (non-hydrogen) atoms. The van der Waals surface area contributed by atoms with E-state index in [0.29, 0.717) is 0 Å². The Hall–Kier alpha value is -0.540. The van der Waals surface area contributed by atoms with Gasteiger partial charge in [0, 0.05) is 18.8 Å². The molecule has 1 nitrogen and oxygen atoms in total. The molecule has 0 aliphatic heterocycles. The summed E-state index contributed by atoms with van der Waals surface area (Å²) in [7, 11) is 0. The summed E-state index contributed by atoms with van der Waals surface area (Å²) in [5.74, 6) is 0.954. The molecule has 3 heteroatoms. The lowest BCUT2D eigenvalue weighted by atomic mass is 10.1. The minimum Gasteiger partial charge on any atom is -0.312 e. The van der Waals surface area contributed by atoms with E-state index in [9.17, 15) is 4.39 Å². The highest BCUT2D eigenvalue weighted by Crippen LogP contribution is 2.09. The second-order valence-corrected chi connectivity index (χ2v) is 4.23. The molecule has 0 saturated heterocycles. The van der Waals surface area contributed by atoms with Gasteiger partial charge in [0.25, 0.3) is 0 Å². The zero-order chi connectivity index (χ0) is 10.4. The summed E-state index contributed by atoms with van der Waals surface area (Å²) in [5.41, 5.74) is 2.19. The van der Waals surface area contributed by atoms with Crippen LogP contribution < -0.4 is 5.32 Å². The van der Waals surface area contributed by atoms with Gasteiger partial charge in [-0.25, -0.2) is 4.39 Å². The van der Waals surface area contributed by atoms with Crippen LogP contribution in [-0.2, 0) is 6.54 Å². The molecule has 0 unspecified atom stereocenters. The van der Waals surface area contributed by atoms with Crippen LogP contribution in [0.25, 0.3) is 0 Å². The van der Waals surface area contributed by atoms with E-state index >= 15 is 0 Å². The van der Waals surface area contributed by atoms with Crippen LogP contribution in [0.4, 0.5) is 4.39 Å². The van der Waals surface area contributed by atoms with Gasteiger partial charge >= 0.3 is 0 Å². The predicted molar refractivity (Wildman–Crippen MR) is 61.2 cm³/mol. The zero-order valence-corrected chi connectivity index (χ0v) is 9.46. The van der Waals surface area contributed by atoms with Crippen molar-refractivity contribution in [1.29, 1.82) is 0 Å². The first-order valence-electron chi connectivity index (χ1n) is 4.68. The molecule has 0 radical (unpaired) electrons. The quantitative estimate of drug-likeness (QED) is 0.754. The van der Waals surface area contributed by atoms with Crippen molar-refractivity contribution in [2.75, 3.05) is 18.6 Å². The number of hydrogen-bond donors (Lipinski definition) is 1. The molecule has 78 valence electrons. The standard InChI is InChI=1S/C11H16FNS/c1-9-7-11(12)4-3-10(9)8-13-5-6-14-2/h3-4,7,13H,5-6,8H2,1-2H3. The molecule has 1 aromatic rings. The Labute approximate surface area is 89.1 Å². The molecule has 1 N–H and O–H groups in total. The lowest BCUT2D eigenvalue weighted by Gasteiger charge is -2.06. The number of benzene rings is 1. The lowest BCUT2D eigenvalue weighted by Crippen LogP contribution is -2.17. The zero-order valence-electron chi connectivity index (χ0n) is 8.64. The number of hydrogen-bond acceptors (Lipinski definition) is 2. The molecular formula is C11H16FNS. The van der Waals surface area contributed by atoms with Gasteiger partial charge in [0.05, 0.1) is 0 Å². The number of halogens is 1. The molecule has 0 spiro atoms. The molecular weight excluding hydrogens is 197 g/mol. The average molecular weight is 213 g/mol. The minimum absolute atomic E-state index is 0.157. The Kier molecular flexibility index (Phi) is 4.98.